The molecule has 4 rings (SSSR count). The number of aliphatic hydroxyl groups excluding tert-OH is 1. The number of hydrogen-bond acceptors (Lipinski definition) is 4. The second-order valence-electron chi connectivity index (χ2n) is 9.04. The maximum absolute atomic E-state index is 12.3. The monoisotopic (exact) mass is 344 g/mol. The van der Waals surface area contributed by atoms with Gasteiger partial charge in [0.2, 0.25) is 0 Å². The van der Waals surface area contributed by atoms with Gasteiger partial charge in [-0.3, -0.25) is 9.59 Å². The molecule has 6 atom stereocenters. The predicted molar refractivity (Wildman–Crippen MR) is 93.7 cm³/mol. The van der Waals surface area contributed by atoms with E-state index in [9.17, 15) is 19.8 Å². The molecule has 0 radical (unpaired) electrons. The van der Waals surface area contributed by atoms with Gasteiger partial charge in [0, 0.05) is 10.8 Å². The summed E-state index contributed by atoms with van der Waals surface area (Å²) in [6.07, 6.45) is 10.6. The minimum absolute atomic E-state index is 0.0696. The van der Waals surface area contributed by atoms with Gasteiger partial charge in [0.25, 0.3) is 0 Å². The van der Waals surface area contributed by atoms with Gasteiger partial charge in [-0.15, -0.1) is 0 Å². The Hall–Kier alpha value is -1.26. The van der Waals surface area contributed by atoms with E-state index in [2.05, 4.69) is 19.9 Å². The lowest BCUT2D eigenvalue weighted by Gasteiger charge is -2.57. The molecule has 4 aliphatic rings. The Kier molecular flexibility index (Phi) is 3.69. The molecular formula is C21H28O4. The number of hydrogen-bond donors (Lipinski definition) is 2. The molecule has 0 aliphatic heterocycles. The third-order valence-electron chi connectivity index (χ3n) is 8.31. The number of aliphatic hydroxyl groups is 2. The van der Waals surface area contributed by atoms with Crippen molar-refractivity contribution in [3.8, 4) is 0 Å². The Morgan fingerprint density at radius 2 is 1.92 bits per heavy atom. The van der Waals surface area contributed by atoms with E-state index in [4.69, 9.17) is 0 Å². The van der Waals surface area contributed by atoms with E-state index in [1.807, 2.05) is 6.08 Å². The van der Waals surface area contributed by atoms with E-state index in [-0.39, 0.29) is 11.2 Å². The molecule has 25 heavy (non-hydrogen) atoms. The molecule has 0 amide bonds. The average molecular weight is 344 g/mol. The molecule has 0 aromatic carbocycles. The summed E-state index contributed by atoms with van der Waals surface area (Å²) in [5.74, 6) is 0.897. The normalized spacial score (nSPS) is 48.4. The van der Waals surface area contributed by atoms with E-state index in [0.29, 0.717) is 24.2 Å². The van der Waals surface area contributed by atoms with Crippen molar-refractivity contribution in [2.75, 3.05) is 6.61 Å². The SMILES string of the molecule is C[C@]12C=CC(=O)C=C1CCC1C2CC[C@@]2(C)C1CC[C@]2(O)C(=O)CO. The summed E-state index contributed by atoms with van der Waals surface area (Å²) in [7, 11) is 0. The van der Waals surface area contributed by atoms with Crippen LogP contribution in [-0.4, -0.2) is 34.0 Å². The zero-order chi connectivity index (χ0) is 18.0. The number of ketones is 2. The van der Waals surface area contributed by atoms with Crippen LogP contribution in [-0.2, 0) is 9.59 Å². The Morgan fingerprint density at radius 3 is 2.64 bits per heavy atom. The number of carbonyl (C=O) groups is 2. The Morgan fingerprint density at radius 1 is 1.20 bits per heavy atom. The van der Waals surface area contributed by atoms with Gasteiger partial charge in [-0.2, -0.15) is 0 Å². The lowest BCUT2D eigenvalue weighted by atomic mass is 9.47. The molecule has 4 aliphatic carbocycles. The van der Waals surface area contributed by atoms with Crippen LogP contribution in [0.5, 0.6) is 0 Å². The van der Waals surface area contributed by atoms with Gasteiger partial charge >= 0.3 is 0 Å². The first-order valence-electron chi connectivity index (χ1n) is 9.57. The first-order valence-corrected chi connectivity index (χ1v) is 9.57. The Balaban J connectivity index is 1.69. The smallest absolute Gasteiger partial charge is 0.190 e. The number of Topliss-reactive ketones (excluding diaryl/α,β-unsaturated/α-hetero) is 1. The zero-order valence-corrected chi connectivity index (χ0v) is 15.1. The minimum atomic E-state index is -1.38. The highest BCUT2D eigenvalue weighted by Crippen LogP contribution is 2.67. The molecule has 136 valence electrons. The fraction of sp³-hybridized carbons (Fsp3) is 0.714. The van der Waals surface area contributed by atoms with Crippen molar-refractivity contribution in [2.45, 2.75) is 58.0 Å². The van der Waals surface area contributed by atoms with Crippen molar-refractivity contribution in [1.29, 1.82) is 0 Å². The van der Waals surface area contributed by atoms with Crippen LogP contribution in [0, 0.1) is 28.6 Å². The van der Waals surface area contributed by atoms with Crippen LogP contribution in [0.1, 0.15) is 52.4 Å². The molecule has 4 nitrogen and oxygen atoms in total. The van der Waals surface area contributed by atoms with Gasteiger partial charge in [0.1, 0.15) is 12.2 Å². The standard InChI is InChI=1S/C21H28O4/c1-19-8-5-14(23)11-13(19)3-4-15-16(19)6-9-20(2)17(15)7-10-21(20,25)18(24)12-22/h5,8,11,15-17,22,25H,3-4,6-7,9-10,12H2,1-2H3/t15?,16?,17?,19-,20-,21-/m0/s1. The summed E-state index contributed by atoms with van der Waals surface area (Å²) in [4.78, 5) is 24.1. The van der Waals surface area contributed by atoms with E-state index in [1.165, 1.54) is 5.57 Å². The summed E-state index contributed by atoms with van der Waals surface area (Å²) in [6, 6.07) is 0. The highest BCUT2D eigenvalue weighted by molar-refractivity contribution is 6.01. The van der Waals surface area contributed by atoms with Gasteiger partial charge in [-0.25, -0.2) is 0 Å². The molecule has 0 aromatic rings. The second-order valence-corrected chi connectivity index (χ2v) is 9.04. The van der Waals surface area contributed by atoms with Crippen LogP contribution in [0.15, 0.2) is 23.8 Å². The lowest BCUT2D eigenvalue weighted by Crippen LogP contribution is -2.57. The van der Waals surface area contributed by atoms with Crippen LogP contribution in [0.25, 0.3) is 0 Å². The molecule has 3 unspecified atom stereocenters. The van der Waals surface area contributed by atoms with Gasteiger partial charge in [-0.05, 0) is 68.4 Å². The van der Waals surface area contributed by atoms with Gasteiger partial charge in [0.15, 0.2) is 11.6 Å². The topological polar surface area (TPSA) is 74.6 Å². The van der Waals surface area contributed by atoms with Crippen LogP contribution < -0.4 is 0 Å². The van der Waals surface area contributed by atoms with Crippen LogP contribution in [0.4, 0.5) is 0 Å². The van der Waals surface area contributed by atoms with Gasteiger partial charge in [0.05, 0.1) is 0 Å². The van der Waals surface area contributed by atoms with Crippen LogP contribution in [0.2, 0.25) is 0 Å². The Bertz CT molecular complexity index is 692. The average Bonchev–Trinajstić information content (AvgIpc) is 2.87. The van der Waals surface area contributed by atoms with Gasteiger partial charge in [-0.1, -0.05) is 25.5 Å². The zero-order valence-electron chi connectivity index (χ0n) is 15.1. The molecule has 3 saturated carbocycles. The van der Waals surface area contributed by atoms with Crippen molar-refractivity contribution >= 4 is 11.6 Å². The van der Waals surface area contributed by atoms with Crippen molar-refractivity contribution in [1.82, 2.24) is 0 Å². The van der Waals surface area contributed by atoms with Crippen molar-refractivity contribution < 1.29 is 19.8 Å². The first kappa shape index (κ1) is 17.2. The number of carbonyl (C=O) groups excluding carboxylic acids is 2. The molecule has 0 spiro atoms. The van der Waals surface area contributed by atoms with Crippen molar-refractivity contribution in [3.05, 3.63) is 23.8 Å². The number of fused-ring (bicyclic) bond motifs is 5. The molecule has 2 N–H and O–H groups in total. The number of allylic oxidation sites excluding steroid dienone is 4. The molecular weight excluding hydrogens is 316 g/mol. The third-order valence-corrected chi connectivity index (χ3v) is 8.31. The second kappa shape index (κ2) is 5.37. The summed E-state index contributed by atoms with van der Waals surface area (Å²) in [5.41, 5.74) is -0.642. The van der Waals surface area contributed by atoms with E-state index in [0.717, 1.165) is 32.1 Å². The lowest BCUT2D eigenvalue weighted by molar-refractivity contribution is -0.163. The molecule has 0 aromatic heterocycles. The quantitative estimate of drug-likeness (QED) is 0.807. The Labute approximate surface area is 149 Å². The van der Waals surface area contributed by atoms with Crippen LogP contribution in [0.3, 0.4) is 0 Å². The highest BCUT2D eigenvalue weighted by Gasteiger charge is 2.65. The third kappa shape index (κ3) is 2.07. The maximum atomic E-state index is 12.3. The fourth-order valence-electron chi connectivity index (χ4n) is 6.80. The largest absolute Gasteiger partial charge is 0.388 e. The fourth-order valence-corrected chi connectivity index (χ4v) is 6.80. The molecule has 0 saturated heterocycles. The molecule has 0 heterocycles. The minimum Gasteiger partial charge on any atom is -0.388 e. The summed E-state index contributed by atoms with van der Waals surface area (Å²) in [6.45, 7) is 3.73. The van der Waals surface area contributed by atoms with E-state index < -0.39 is 23.4 Å². The molecule has 3 fully saturated rings. The van der Waals surface area contributed by atoms with E-state index in [1.54, 1.807) is 6.08 Å². The summed E-state index contributed by atoms with van der Waals surface area (Å²) in [5, 5.41) is 20.5. The first-order chi connectivity index (χ1) is 11.8. The van der Waals surface area contributed by atoms with Crippen molar-refractivity contribution in [2.24, 2.45) is 28.6 Å². The van der Waals surface area contributed by atoms with Gasteiger partial charge < -0.3 is 10.2 Å². The van der Waals surface area contributed by atoms with Crippen LogP contribution >= 0.6 is 0 Å². The predicted octanol–water partition coefficient (Wildman–Crippen LogP) is 2.59. The molecule has 0 bridgehead atoms. The highest BCUT2D eigenvalue weighted by atomic mass is 16.3. The maximum Gasteiger partial charge on any atom is 0.190 e. The van der Waals surface area contributed by atoms with Crippen molar-refractivity contribution in [3.63, 3.8) is 0 Å². The number of rotatable bonds is 2. The van der Waals surface area contributed by atoms with E-state index >= 15 is 0 Å². The summed E-state index contributed by atoms with van der Waals surface area (Å²) < 4.78 is 0. The molecule has 4 heteroatoms. The summed E-state index contributed by atoms with van der Waals surface area (Å²) >= 11 is 0.